The van der Waals surface area contributed by atoms with Crippen molar-refractivity contribution in [3.8, 4) is 0 Å². The second-order valence-electron chi connectivity index (χ2n) is 4.38. The van der Waals surface area contributed by atoms with Crippen molar-refractivity contribution in [1.29, 1.82) is 0 Å². The predicted octanol–water partition coefficient (Wildman–Crippen LogP) is 1.97. The van der Waals surface area contributed by atoms with Crippen LogP contribution in [0.2, 0.25) is 0 Å². The largest absolute Gasteiger partial charge is 0.478 e. The first-order valence-electron chi connectivity index (χ1n) is 5.57. The summed E-state index contributed by atoms with van der Waals surface area (Å²) in [5, 5.41) is 10.1. The molecular weight excluding hydrogens is 216 g/mol. The Morgan fingerprint density at radius 1 is 1.35 bits per heavy atom. The van der Waals surface area contributed by atoms with E-state index in [9.17, 15) is 9.90 Å². The van der Waals surface area contributed by atoms with Crippen LogP contribution in [0.15, 0.2) is 24.3 Å². The number of nitrogens with zero attached hydrogens (tertiary/aromatic N) is 1. The Morgan fingerprint density at radius 3 is 2.71 bits per heavy atom. The van der Waals surface area contributed by atoms with Crippen molar-refractivity contribution in [3.05, 3.63) is 35.5 Å². The fourth-order valence-corrected chi connectivity index (χ4v) is 1.96. The topological polar surface area (TPSA) is 56.3 Å². The van der Waals surface area contributed by atoms with Crippen molar-refractivity contribution < 1.29 is 9.90 Å². The highest BCUT2D eigenvalue weighted by molar-refractivity contribution is 6.04. The second kappa shape index (κ2) is 4.59. The number of nitrogens with one attached hydrogen (secondary N) is 1. The van der Waals surface area contributed by atoms with Crippen molar-refractivity contribution in [1.82, 2.24) is 9.88 Å². The fourth-order valence-electron chi connectivity index (χ4n) is 1.96. The van der Waals surface area contributed by atoms with Crippen LogP contribution in [0.4, 0.5) is 0 Å². The number of fused-ring (bicyclic) bond motifs is 1. The maximum absolute atomic E-state index is 11.3. The van der Waals surface area contributed by atoms with Crippen LogP contribution in [0.3, 0.4) is 0 Å². The zero-order valence-electron chi connectivity index (χ0n) is 10.0. The van der Waals surface area contributed by atoms with Crippen LogP contribution in [-0.4, -0.2) is 41.6 Å². The first-order valence-corrected chi connectivity index (χ1v) is 5.57. The molecule has 0 aliphatic rings. The van der Waals surface area contributed by atoms with Crippen molar-refractivity contribution in [2.24, 2.45) is 0 Å². The summed E-state index contributed by atoms with van der Waals surface area (Å²) < 4.78 is 0. The van der Waals surface area contributed by atoms with Gasteiger partial charge in [-0.2, -0.15) is 0 Å². The molecule has 0 atom stereocenters. The van der Waals surface area contributed by atoms with Crippen molar-refractivity contribution >= 4 is 16.9 Å². The molecule has 0 aliphatic carbocycles. The lowest BCUT2D eigenvalue weighted by atomic mass is 10.1. The molecule has 0 saturated carbocycles. The Bertz CT molecular complexity index is 543. The monoisotopic (exact) mass is 232 g/mol. The van der Waals surface area contributed by atoms with E-state index >= 15 is 0 Å². The number of carboxylic acid groups (broad SMARTS) is 1. The Morgan fingerprint density at radius 2 is 2.06 bits per heavy atom. The molecule has 0 fully saturated rings. The quantitative estimate of drug-likeness (QED) is 0.847. The van der Waals surface area contributed by atoms with Gasteiger partial charge in [-0.05, 0) is 20.2 Å². The van der Waals surface area contributed by atoms with Gasteiger partial charge in [-0.3, -0.25) is 0 Å². The van der Waals surface area contributed by atoms with E-state index in [1.807, 2.05) is 43.3 Å². The Hall–Kier alpha value is -1.81. The van der Waals surface area contributed by atoms with Crippen LogP contribution in [-0.2, 0) is 6.42 Å². The molecule has 90 valence electrons. The van der Waals surface area contributed by atoms with Gasteiger partial charge in [0.15, 0.2) is 0 Å². The van der Waals surface area contributed by atoms with Gasteiger partial charge in [0.1, 0.15) is 0 Å². The number of H-pyrrole nitrogens is 1. The lowest BCUT2D eigenvalue weighted by Gasteiger charge is -2.08. The molecule has 1 heterocycles. The third-order valence-corrected chi connectivity index (χ3v) is 2.81. The first kappa shape index (κ1) is 11.7. The first-order chi connectivity index (χ1) is 8.09. The minimum atomic E-state index is -0.865. The van der Waals surface area contributed by atoms with Gasteiger partial charge in [0, 0.05) is 29.6 Å². The minimum absolute atomic E-state index is 0.405. The summed E-state index contributed by atoms with van der Waals surface area (Å²) in [5.41, 5.74) is 2.09. The van der Waals surface area contributed by atoms with Crippen molar-refractivity contribution in [3.63, 3.8) is 0 Å². The SMILES string of the molecule is CN(C)CCc1[nH]c2ccccc2c1C(=O)O. The average molecular weight is 232 g/mol. The summed E-state index contributed by atoms with van der Waals surface area (Å²) in [6, 6.07) is 7.51. The average Bonchev–Trinajstić information content (AvgIpc) is 2.64. The Labute approximate surface area is 99.9 Å². The highest BCUT2D eigenvalue weighted by atomic mass is 16.4. The van der Waals surface area contributed by atoms with E-state index in [2.05, 4.69) is 4.98 Å². The van der Waals surface area contributed by atoms with Gasteiger partial charge in [-0.15, -0.1) is 0 Å². The molecule has 0 bridgehead atoms. The zero-order valence-corrected chi connectivity index (χ0v) is 10.0. The molecule has 4 nitrogen and oxygen atoms in total. The Balaban J connectivity index is 2.46. The van der Waals surface area contributed by atoms with E-state index in [1.165, 1.54) is 0 Å². The fraction of sp³-hybridized carbons (Fsp3) is 0.308. The Kier molecular flexibility index (Phi) is 3.15. The molecule has 1 aromatic carbocycles. The maximum atomic E-state index is 11.3. The van der Waals surface area contributed by atoms with E-state index in [1.54, 1.807) is 0 Å². The summed E-state index contributed by atoms with van der Waals surface area (Å²) in [6.45, 7) is 0.826. The molecule has 1 aromatic heterocycles. The summed E-state index contributed by atoms with van der Waals surface area (Å²) in [6.07, 6.45) is 0.712. The van der Waals surface area contributed by atoms with Crippen LogP contribution in [0.5, 0.6) is 0 Å². The van der Waals surface area contributed by atoms with Gasteiger partial charge in [0.25, 0.3) is 0 Å². The minimum Gasteiger partial charge on any atom is -0.478 e. The number of hydrogen-bond donors (Lipinski definition) is 2. The molecule has 4 heteroatoms. The lowest BCUT2D eigenvalue weighted by Crippen LogP contribution is -2.16. The molecule has 2 N–H and O–H groups in total. The second-order valence-corrected chi connectivity index (χ2v) is 4.38. The van der Waals surface area contributed by atoms with Gasteiger partial charge >= 0.3 is 5.97 Å². The van der Waals surface area contributed by atoms with Crippen LogP contribution < -0.4 is 0 Å². The number of hydrogen-bond acceptors (Lipinski definition) is 2. The standard InChI is InChI=1S/C13H16N2O2/c1-15(2)8-7-11-12(13(16)17)9-5-3-4-6-10(9)14-11/h3-6,14H,7-8H2,1-2H3,(H,16,17). The number of aromatic amines is 1. The highest BCUT2D eigenvalue weighted by Crippen LogP contribution is 2.22. The van der Waals surface area contributed by atoms with Crippen LogP contribution in [0, 0.1) is 0 Å². The summed E-state index contributed by atoms with van der Waals surface area (Å²) in [7, 11) is 3.95. The van der Waals surface area contributed by atoms with E-state index in [0.717, 1.165) is 23.1 Å². The number of aromatic carboxylic acids is 1. The van der Waals surface area contributed by atoms with E-state index < -0.39 is 5.97 Å². The molecule has 0 aliphatic heterocycles. The number of likely N-dealkylation sites (N-methyl/N-ethyl adjacent to an activating group) is 1. The molecule has 2 aromatic rings. The van der Waals surface area contributed by atoms with Gasteiger partial charge < -0.3 is 15.0 Å². The van der Waals surface area contributed by atoms with Gasteiger partial charge in [-0.25, -0.2) is 4.79 Å². The molecule has 0 amide bonds. The third kappa shape index (κ3) is 2.31. The van der Waals surface area contributed by atoms with E-state index in [4.69, 9.17) is 0 Å². The van der Waals surface area contributed by atoms with Gasteiger partial charge in [0.2, 0.25) is 0 Å². The van der Waals surface area contributed by atoms with E-state index in [0.29, 0.717) is 12.0 Å². The zero-order chi connectivity index (χ0) is 12.4. The number of rotatable bonds is 4. The van der Waals surface area contributed by atoms with Crippen molar-refractivity contribution in [2.45, 2.75) is 6.42 Å². The lowest BCUT2D eigenvalue weighted by molar-refractivity contribution is 0.0697. The van der Waals surface area contributed by atoms with Crippen molar-refractivity contribution in [2.75, 3.05) is 20.6 Å². The number of carboxylic acids is 1. The highest BCUT2D eigenvalue weighted by Gasteiger charge is 2.16. The summed E-state index contributed by atoms with van der Waals surface area (Å²) >= 11 is 0. The van der Waals surface area contributed by atoms with Crippen LogP contribution >= 0.6 is 0 Å². The van der Waals surface area contributed by atoms with Crippen LogP contribution in [0.25, 0.3) is 10.9 Å². The number of aromatic nitrogens is 1. The van der Waals surface area contributed by atoms with E-state index in [-0.39, 0.29) is 0 Å². The third-order valence-electron chi connectivity index (χ3n) is 2.81. The maximum Gasteiger partial charge on any atom is 0.338 e. The molecular formula is C13H16N2O2. The molecule has 0 saturated heterocycles. The number of benzene rings is 1. The molecule has 0 spiro atoms. The number of carbonyl (C=O) groups is 1. The smallest absolute Gasteiger partial charge is 0.338 e. The molecule has 0 radical (unpaired) electrons. The summed E-state index contributed by atoms with van der Waals surface area (Å²) in [5.74, 6) is -0.865. The number of para-hydroxylation sites is 1. The molecule has 2 rings (SSSR count). The normalized spacial score (nSPS) is 11.2. The van der Waals surface area contributed by atoms with Crippen LogP contribution in [0.1, 0.15) is 16.1 Å². The molecule has 0 unspecified atom stereocenters. The predicted molar refractivity (Wildman–Crippen MR) is 67.5 cm³/mol. The van der Waals surface area contributed by atoms with Gasteiger partial charge in [0.05, 0.1) is 5.56 Å². The molecule has 17 heavy (non-hydrogen) atoms. The summed E-state index contributed by atoms with van der Waals surface area (Å²) in [4.78, 5) is 16.5. The van der Waals surface area contributed by atoms with Gasteiger partial charge in [-0.1, -0.05) is 18.2 Å².